The van der Waals surface area contributed by atoms with Crippen LogP contribution in [0.4, 0.5) is 5.69 Å². The van der Waals surface area contributed by atoms with Crippen molar-refractivity contribution in [3.8, 4) is 0 Å². The highest BCUT2D eigenvalue weighted by molar-refractivity contribution is 8.00. The van der Waals surface area contributed by atoms with E-state index in [1.807, 2.05) is 13.8 Å². The van der Waals surface area contributed by atoms with Crippen LogP contribution in [0.5, 0.6) is 0 Å². The summed E-state index contributed by atoms with van der Waals surface area (Å²) in [6, 6.07) is 2.65. The highest BCUT2D eigenvalue weighted by Crippen LogP contribution is 2.28. The number of pyridine rings is 1. The molecule has 0 aliphatic heterocycles. The largest absolute Gasteiger partial charge is 0.353 e. The number of thioether (sulfide) groups is 1. The molecular formula is C10H12ClN3O3S. The fourth-order valence-corrected chi connectivity index (χ4v) is 2.16. The summed E-state index contributed by atoms with van der Waals surface area (Å²) in [5.74, 6) is -0.141. The lowest BCUT2D eigenvalue weighted by atomic mass is 10.4. The molecule has 0 bridgehead atoms. The monoisotopic (exact) mass is 289 g/mol. The third-order valence-electron chi connectivity index (χ3n) is 1.79. The number of carbonyl (C=O) groups excluding carboxylic acids is 1. The summed E-state index contributed by atoms with van der Waals surface area (Å²) in [5.41, 5.74) is -0.151. The molecule has 0 saturated carbocycles. The lowest BCUT2D eigenvalue weighted by molar-refractivity contribution is -0.388. The van der Waals surface area contributed by atoms with Gasteiger partial charge in [-0.3, -0.25) is 14.9 Å². The van der Waals surface area contributed by atoms with E-state index in [9.17, 15) is 14.9 Å². The van der Waals surface area contributed by atoms with Crippen LogP contribution in [0.15, 0.2) is 17.2 Å². The maximum atomic E-state index is 11.4. The van der Waals surface area contributed by atoms with Gasteiger partial charge >= 0.3 is 5.69 Å². The van der Waals surface area contributed by atoms with Crippen molar-refractivity contribution in [2.45, 2.75) is 24.9 Å². The minimum atomic E-state index is -0.550. The van der Waals surface area contributed by atoms with Crippen LogP contribution in [0.2, 0.25) is 5.15 Å². The van der Waals surface area contributed by atoms with Crippen LogP contribution < -0.4 is 5.32 Å². The summed E-state index contributed by atoms with van der Waals surface area (Å²) in [4.78, 5) is 25.5. The van der Waals surface area contributed by atoms with E-state index in [0.717, 1.165) is 11.8 Å². The molecule has 1 N–H and O–H groups in total. The average Bonchev–Trinajstić information content (AvgIpc) is 2.25. The molecule has 0 atom stereocenters. The molecule has 0 aliphatic rings. The lowest BCUT2D eigenvalue weighted by Crippen LogP contribution is -2.31. The van der Waals surface area contributed by atoms with Gasteiger partial charge in [-0.2, -0.15) is 0 Å². The van der Waals surface area contributed by atoms with Gasteiger partial charge in [-0.05, 0) is 19.9 Å². The highest BCUT2D eigenvalue weighted by atomic mass is 35.5. The number of nitrogens with zero attached hydrogens (tertiary/aromatic N) is 2. The molecule has 0 aromatic carbocycles. The normalized spacial score (nSPS) is 10.4. The summed E-state index contributed by atoms with van der Waals surface area (Å²) >= 11 is 6.66. The fourth-order valence-electron chi connectivity index (χ4n) is 1.15. The highest BCUT2D eigenvalue weighted by Gasteiger charge is 2.17. The number of amides is 1. The number of carbonyl (C=O) groups is 1. The molecule has 0 radical (unpaired) electrons. The van der Waals surface area contributed by atoms with E-state index in [0.29, 0.717) is 0 Å². The maximum absolute atomic E-state index is 11.4. The lowest BCUT2D eigenvalue weighted by Gasteiger charge is -2.07. The number of nitrogens with one attached hydrogen (secondary N) is 1. The number of rotatable bonds is 5. The maximum Gasteiger partial charge on any atom is 0.301 e. The van der Waals surface area contributed by atoms with E-state index in [4.69, 9.17) is 11.6 Å². The Kier molecular flexibility index (Phi) is 5.36. The minimum absolute atomic E-state index is 0.0282. The summed E-state index contributed by atoms with van der Waals surface area (Å²) in [7, 11) is 0. The molecular weight excluding hydrogens is 278 g/mol. The van der Waals surface area contributed by atoms with Crippen molar-refractivity contribution in [2.75, 3.05) is 5.75 Å². The van der Waals surface area contributed by atoms with Gasteiger partial charge in [0, 0.05) is 12.1 Å². The van der Waals surface area contributed by atoms with E-state index in [1.54, 1.807) is 0 Å². The van der Waals surface area contributed by atoms with Crippen molar-refractivity contribution in [3.63, 3.8) is 0 Å². The minimum Gasteiger partial charge on any atom is -0.353 e. The first-order valence-electron chi connectivity index (χ1n) is 5.13. The number of hydrogen-bond acceptors (Lipinski definition) is 5. The third-order valence-corrected chi connectivity index (χ3v) is 2.98. The zero-order valence-corrected chi connectivity index (χ0v) is 11.4. The van der Waals surface area contributed by atoms with E-state index >= 15 is 0 Å². The molecule has 0 aliphatic carbocycles. The van der Waals surface area contributed by atoms with Crippen LogP contribution in [0.1, 0.15) is 13.8 Å². The van der Waals surface area contributed by atoms with Crippen molar-refractivity contribution >= 4 is 35.0 Å². The SMILES string of the molecule is CC(C)NC(=O)CSc1nc(Cl)ccc1[N+](=O)[O-]. The second-order valence-corrected chi connectivity index (χ2v) is 5.08. The van der Waals surface area contributed by atoms with Crippen molar-refractivity contribution < 1.29 is 9.72 Å². The molecule has 1 aromatic heterocycles. The van der Waals surface area contributed by atoms with Crippen LogP contribution >= 0.6 is 23.4 Å². The van der Waals surface area contributed by atoms with E-state index in [1.165, 1.54) is 12.1 Å². The van der Waals surface area contributed by atoms with Gasteiger partial charge < -0.3 is 5.32 Å². The second-order valence-electron chi connectivity index (χ2n) is 3.73. The van der Waals surface area contributed by atoms with Gasteiger partial charge in [0.05, 0.1) is 10.7 Å². The van der Waals surface area contributed by atoms with Crippen molar-refractivity contribution in [1.82, 2.24) is 10.3 Å². The number of nitro groups is 1. The van der Waals surface area contributed by atoms with Gasteiger partial charge in [0.25, 0.3) is 0 Å². The summed E-state index contributed by atoms with van der Waals surface area (Å²) in [6.45, 7) is 3.67. The van der Waals surface area contributed by atoms with E-state index < -0.39 is 4.92 Å². The van der Waals surface area contributed by atoms with Crippen molar-refractivity contribution in [2.24, 2.45) is 0 Å². The Morgan fingerprint density at radius 2 is 2.28 bits per heavy atom. The predicted molar refractivity (Wildman–Crippen MR) is 69.9 cm³/mol. The van der Waals surface area contributed by atoms with Gasteiger partial charge in [-0.1, -0.05) is 23.4 Å². The molecule has 98 valence electrons. The number of hydrogen-bond donors (Lipinski definition) is 1. The van der Waals surface area contributed by atoms with Gasteiger partial charge in [-0.25, -0.2) is 4.98 Å². The Morgan fingerprint density at radius 1 is 1.61 bits per heavy atom. The molecule has 1 amide bonds. The van der Waals surface area contributed by atoms with Crippen molar-refractivity contribution in [1.29, 1.82) is 0 Å². The average molecular weight is 290 g/mol. The Morgan fingerprint density at radius 3 is 2.83 bits per heavy atom. The zero-order chi connectivity index (χ0) is 13.7. The zero-order valence-electron chi connectivity index (χ0n) is 9.84. The molecule has 1 rings (SSSR count). The standard InChI is InChI=1S/C10H12ClN3O3S/c1-6(2)12-9(15)5-18-10-7(14(16)17)3-4-8(11)13-10/h3-4,6H,5H2,1-2H3,(H,12,15). The first kappa shape index (κ1) is 14.7. The first-order chi connectivity index (χ1) is 8.40. The summed E-state index contributed by atoms with van der Waals surface area (Å²) in [6.07, 6.45) is 0. The molecule has 0 fully saturated rings. The Labute approximate surface area is 113 Å². The van der Waals surface area contributed by atoms with Crippen molar-refractivity contribution in [3.05, 3.63) is 27.4 Å². The molecule has 6 nitrogen and oxygen atoms in total. The smallest absolute Gasteiger partial charge is 0.301 e. The van der Waals surface area contributed by atoms with Crippen LogP contribution in [0.3, 0.4) is 0 Å². The Hall–Kier alpha value is -1.34. The predicted octanol–water partition coefficient (Wildman–Crippen LogP) is 2.26. The number of halogens is 1. The summed E-state index contributed by atoms with van der Waals surface area (Å²) < 4.78 is 0. The second kappa shape index (κ2) is 6.55. The van der Waals surface area contributed by atoms with Crippen LogP contribution in [-0.2, 0) is 4.79 Å². The first-order valence-corrected chi connectivity index (χ1v) is 6.49. The van der Waals surface area contributed by atoms with Gasteiger partial charge in [0.15, 0.2) is 5.03 Å². The van der Waals surface area contributed by atoms with E-state index in [-0.39, 0.29) is 33.6 Å². The van der Waals surface area contributed by atoms with E-state index in [2.05, 4.69) is 10.3 Å². The van der Waals surface area contributed by atoms with Gasteiger partial charge in [-0.15, -0.1) is 0 Å². The molecule has 0 unspecified atom stereocenters. The van der Waals surface area contributed by atoms with Crippen LogP contribution in [-0.4, -0.2) is 27.6 Å². The Bertz CT molecular complexity index is 468. The molecule has 0 spiro atoms. The van der Waals surface area contributed by atoms with Crippen LogP contribution in [0.25, 0.3) is 0 Å². The molecule has 1 heterocycles. The topological polar surface area (TPSA) is 85.1 Å². The van der Waals surface area contributed by atoms with Gasteiger partial charge in [0.1, 0.15) is 5.15 Å². The van der Waals surface area contributed by atoms with Crippen LogP contribution in [0, 0.1) is 10.1 Å². The fraction of sp³-hybridized carbons (Fsp3) is 0.400. The number of aromatic nitrogens is 1. The Balaban J connectivity index is 2.74. The summed E-state index contributed by atoms with van der Waals surface area (Å²) in [5, 5.41) is 13.8. The molecule has 18 heavy (non-hydrogen) atoms. The molecule has 1 aromatic rings. The van der Waals surface area contributed by atoms with Gasteiger partial charge in [0.2, 0.25) is 5.91 Å². The molecule has 0 saturated heterocycles. The quantitative estimate of drug-likeness (QED) is 0.389. The third kappa shape index (κ3) is 4.50. The molecule has 8 heteroatoms.